The van der Waals surface area contributed by atoms with Gasteiger partial charge in [0.2, 0.25) is 0 Å². The van der Waals surface area contributed by atoms with Gasteiger partial charge in [-0.1, -0.05) is 0 Å². The Morgan fingerprint density at radius 2 is 2.11 bits per heavy atom. The van der Waals surface area contributed by atoms with Crippen molar-refractivity contribution in [2.45, 2.75) is 64.1 Å². The van der Waals surface area contributed by atoms with E-state index in [1.807, 2.05) is 26.2 Å². The zero-order chi connectivity index (χ0) is 20.6. The molecule has 2 atom stereocenters. The normalized spacial score (nSPS) is 27.9. The first-order valence-electron chi connectivity index (χ1n) is 9.48. The maximum atomic E-state index is 12.6. The van der Waals surface area contributed by atoms with Crippen molar-refractivity contribution in [1.82, 2.24) is 9.88 Å². The van der Waals surface area contributed by atoms with Crippen molar-refractivity contribution < 1.29 is 24.2 Å². The van der Waals surface area contributed by atoms with Gasteiger partial charge in [-0.2, -0.15) is 0 Å². The minimum absolute atomic E-state index is 0.105. The van der Waals surface area contributed by atoms with Crippen molar-refractivity contribution in [2.24, 2.45) is 5.41 Å². The molecule has 2 aliphatic rings. The Labute approximate surface area is 177 Å². The number of carbonyl (C=O) groups excluding carboxylic acids is 1. The summed E-state index contributed by atoms with van der Waals surface area (Å²) in [5, 5.41) is 11.8. The second kappa shape index (κ2) is 7.91. The highest BCUT2D eigenvalue weighted by atomic mass is 79.9. The standard InChI is InChI=1S/C19H27BrN2O5S/c1-17(2,3)27-16(25)22-8-4-5-18(12-22)6-7-19(11-18,26-9-14(23)24)15-21-13(20)10-28-15/h10H,4-9,11-12H2,1-3H3,(H,23,24). The Morgan fingerprint density at radius 1 is 1.36 bits per heavy atom. The molecule has 0 aromatic carbocycles. The zero-order valence-electron chi connectivity index (χ0n) is 16.5. The fourth-order valence-electron chi connectivity index (χ4n) is 4.32. The Hall–Kier alpha value is -1.19. The van der Waals surface area contributed by atoms with E-state index in [0.717, 1.165) is 28.9 Å². The molecule has 1 N–H and O–H groups in total. The van der Waals surface area contributed by atoms with Crippen molar-refractivity contribution in [3.05, 3.63) is 15.0 Å². The molecule has 1 aromatic heterocycles. The van der Waals surface area contributed by atoms with Crippen LogP contribution in [0.3, 0.4) is 0 Å². The second-order valence-electron chi connectivity index (χ2n) is 8.83. The minimum atomic E-state index is -0.991. The lowest BCUT2D eigenvalue weighted by atomic mass is 9.77. The van der Waals surface area contributed by atoms with Gasteiger partial charge in [-0.05, 0) is 74.2 Å². The van der Waals surface area contributed by atoms with Crippen LogP contribution in [-0.2, 0) is 19.9 Å². The van der Waals surface area contributed by atoms with Gasteiger partial charge in [-0.3, -0.25) is 0 Å². The molecule has 28 heavy (non-hydrogen) atoms. The first kappa shape index (κ1) is 21.5. The molecule has 3 rings (SSSR count). The summed E-state index contributed by atoms with van der Waals surface area (Å²) in [4.78, 5) is 30.1. The van der Waals surface area contributed by atoms with E-state index in [9.17, 15) is 9.59 Å². The van der Waals surface area contributed by atoms with Gasteiger partial charge in [0.05, 0.1) is 0 Å². The van der Waals surface area contributed by atoms with Gasteiger partial charge in [-0.15, -0.1) is 11.3 Å². The number of carbonyl (C=O) groups is 2. The molecule has 2 unspecified atom stereocenters. The molecular formula is C19H27BrN2O5S. The summed E-state index contributed by atoms with van der Waals surface area (Å²) in [6.07, 6.45) is 3.82. The average Bonchev–Trinajstić information content (AvgIpc) is 3.17. The summed E-state index contributed by atoms with van der Waals surface area (Å²) in [6.45, 7) is 6.53. The SMILES string of the molecule is CC(C)(C)OC(=O)N1CCCC2(CCC(OCC(=O)O)(c3nc(Br)cs3)C2)C1. The molecule has 1 saturated carbocycles. The number of carboxylic acids is 1. The zero-order valence-corrected chi connectivity index (χ0v) is 18.9. The molecule has 1 amide bonds. The molecule has 0 bridgehead atoms. The average molecular weight is 475 g/mol. The van der Waals surface area contributed by atoms with Gasteiger partial charge >= 0.3 is 12.1 Å². The molecule has 2 heterocycles. The predicted molar refractivity (Wildman–Crippen MR) is 108 cm³/mol. The Morgan fingerprint density at radius 3 is 2.71 bits per heavy atom. The smallest absolute Gasteiger partial charge is 0.410 e. The predicted octanol–water partition coefficient (Wildman–Crippen LogP) is 4.40. The van der Waals surface area contributed by atoms with E-state index in [2.05, 4.69) is 20.9 Å². The number of hydrogen-bond donors (Lipinski definition) is 1. The summed E-state index contributed by atoms with van der Waals surface area (Å²) >= 11 is 4.86. The van der Waals surface area contributed by atoms with Crippen LogP contribution < -0.4 is 0 Å². The van der Waals surface area contributed by atoms with Gasteiger partial charge in [-0.25, -0.2) is 14.6 Å². The van der Waals surface area contributed by atoms with Crippen LogP contribution in [-0.4, -0.2) is 52.4 Å². The van der Waals surface area contributed by atoms with Gasteiger partial charge in [0, 0.05) is 18.5 Å². The number of hydrogen-bond acceptors (Lipinski definition) is 6. The van der Waals surface area contributed by atoms with E-state index in [-0.39, 0.29) is 18.1 Å². The number of nitrogens with zero attached hydrogens (tertiary/aromatic N) is 2. The lowest BCUT2D eigenvalue weighted by molar-refractivity contribution is -0.151. The number of likely N-dealkylation sites (tertiary alicyclic amines) is 1. The maximum absolute atomic E-state index is 12.6. The number of ether oxygens (including phenoxy) is 2. The van der Waals surface area contributed by atoms with E-state index in [0.29, 0.717) is 25.9 Å². The van der Waals surface area contributed by atoms with Gasteiger partial charge in [0.25, 0.3) is 0 Å². The van der Waals surface area contributed by atoms with Crippen LogP contribution >= 0.6 is 27.3 Å². The van der Waals surface area contributed by atoms with Crippen LogP contribution in [0.5, 0.6) is 0 Å². The molecule has 9 heteroatoms. The highest BCUT2D eigenvalue weighted by Crippen LogP contribution is 2.55. The number of carboxylic acid groups (broad SMARTS) is 1. The molecule has 156 valence electrons. The van der Waals surface area contributed by atoms with Crippen LogP contribution in [0.4, 0.5) is 4.79 Å². The highest BCUT2D eigenvalue weighted by molar-refractivity contribution is 9.10. The first-order valence-corrected chi connectivity index (χ1v) is 11.2. The fourth-order valence-corrected chi connectivity index (χ4v) is 5.75. The number of thiazole rings is 1. The van der Waals surface area contributed by atoms with Crippen LogP contribution in [0, 0.1) is 5.41 Å². The third kappa shape index (κ3) is 4.86. The topological polar surface area (TPSA) is 89.0 Å². The molecule has 1 spiro atoms. The van der Waals surface area contributed by atoms with Crippen LogP contribution in [0.15, 0.2) is 9.98 Å². The summed E-state index contributed by atoms with van der Waals surface area (Å²) in [6, 6.07) is 0. The van der Waals surface area contributed by atoms with Crippen LogP contribution in [0.2, 0.25) is 0 Å². The highest BCUT2D eigenvalue weighted by Gasteiger charge is 2.53. The van der Waals surface area contributed by atoms with Crippen molar-refractivity contribution in [2.75, 3.05) is 19.7 Å². The number of aromatic nitrogens is 1. The first-order chi connectivity index (χ1) is 13.0. The summed E-state index contributed by atoms with van der Waals surface area (Å²) < 4.78 is 12.2. The molecule has 1 aliphatic carbocycles. The largest absolute Gasteiger partial charge is 0.480 e. The molecule has 2 fully saturated rings. The van der Waals surface area contributed by atoms with Gasteiger partial charge in [0.15, 0.2) is 0 Å². The third-order valence-electron chi connectivity index (χ3n) is 5.37. The summed E-state index contributed by atoms with van der Waals surface area (Å²) in [5.41, 5.74) is -1.35. The summed E-state index contributed by atoms with van der Waals surface area (Å²) in [5.74, 6) is -0.991. The molecule has 0 radical (unpaired) electrons. The number of aliphatic carboxylic acids is 1. The van der Waals surface area contributed by atoms with Crippen molar-refractivity contribution in [3.8, 4) is 0 Å². The Kier molecular flexibility index (Phi) is 6.08. The number of amides is 1. The maximum Gasteiger partial charge on any atom is 0.410 e. The van der Waals surface area contributed by atoms with E-state index >= 15 is 0 Å². The molecule has 1 aromatic rings. The monoisotopic (exact) mass is 474 g/mol. The molecule has 7 nitrogen and oxygen atoms in total. The van der Waals surface area contributed by atoms with Crippen molar-refractivity contribution in [3.63, 3.8) is 0 Å². The number of halogens is 1. The van der Waals surface area contributed by atoms with E-state index in [1.54, 1.807) is 4.90 Å². The lowest BCUT2D eigenvalue weighted by Crippen LogP contribution is -2.47. The third-order valence-corrected chi connectivity index (χ3v) is 7.11. The van der Waals surface area contributed by atoms with Crippen molar-refractivity contribution in [1.29, 1.82) is 0 Å². The van der Waals surface area contributed by atoms with E-state index in [4.69, 9.17) is 14.6 Å². The van der Waals surface area contributed by atoms with Gasteiger partial charge in [0.1, 0.15) is 27.4 Å². The van der Waals surface area contributed by atoms with E-state index < -0.39 is 17.2 Å². The van der Waals surface area contributed by atoms with Crippen molar-refractivity contribution >= 4 is 39.3 Å². The second-order valence-corrected chi connectivity index (χ2v) is 10.5. The van der Waals surface area contributed by atoms with Crippen LogP contribution in [0.1, 0.15) is 57.9 Å². The Bertz CT molecular complexity index is 749. The lowest BCUT2D eigenvalue weighted by Gasteiger charge is -2.41. The molecule has 1 aliphatic heterocycles. The fraction of sp³-hybridized carbons (Fsp3) is 0.737. The van der Waals surface area contributed by atoms with Crippen LogP contribution in [0.25, 0.3) is 0 Å². The summed E-state index contributed by atoms with van der Waals surface area (Å²) in [7, 11) is 0. The number of rotatable bonds is 4. The van der Waals surface area contributed by atoms with Gasteiger partial charge < -0.3 is 19.5 Å². The minimum Gasteiger partial charge on any atom is -0.480 e. The van der Waals surface area contributed by atoms with E-state index in [1.165, 1.54) is 11.3 Å². The molecular weight excluding hydrogens is 448 g/mol. The Balaban J connectivity index is 1.79. The quantitative estimate of drug-likeness (QED) is 0.695. The number of piperidine rings is 1. The molecule has 1 saturated heterocycles.